The SMILES string of the molecule is COc1cccc(COCC(C)(C)C(O)C(C)(C)CO)c1. The molecule has 4 nitrogen and oxygen atoms in total. The minimum Gasteiger partial charge on any atom is -0.497 e. The molecule has 0 fully saturated rings. The fraction of sp³-hybridized carbons (Fsp3) is 0.647. The average molecular weight is 296 g/mol. The summed E-state index contributed by atoms with van der Waals surface area (Å²) in [5.74, 6) is 0.803. The number of hydrogen-bond donors (Lipinski definition) is 2. The average Bonchev–Trinajstić information content (AvgIpc) is 2.46. The second kappa shape index (κ2) is 7.25. The maximum absolute atomic E-state index is 10.4. The minimum absolute atomic E-state index is 0.0620. The molecule has 0 radical (unpaired) electrons. The Kier molecular flexibility index (Phi) is 6.20. The monoisotopic (exact) mass is 296 g/mol. The van der Waals surface area contributed by atoms with Gasteiger partial charge in [0.1, 0.15) is 5.75 Å². The van der Waals surface area contributed by atoms with Gasteiger partial charge in [-0.15, -0.1) is 0 Å². The summed E-state index contributed by atoms with van der Waals surface area (Å²) < 4.78 is 10.9. The summed E-state index contributed by atoms with van der Waals surface area (Å²) >= 11 is 0. The third kappa shape index (κ3) is 4.99. The molecule has 0 spiro atoms. The zero-order chi connectivity index (χ0) is 16.1. The highest BCUT2D eigenvalue weighted by molar-refractivity contribution is 5.27. The highest BCUT2D eigenvalue weighted by Crippen LogP contribution is 2.34. The van der Waals surface area contributed by atoms with Crippen molar-refractivity contribution in [1.82, 2.24) is 0 Å². The Morgan fingerprint density at radius 3 is 2.38 bits per heavy atom. The first kappa shape index (κ1) is 18.0. The lowest BCUT2D eigenvalue weighted by molar-refractivity contribution is -0.0974. The van der Waals surface area contributed by atoms with Crippen LogP contribution in [0.5, 0.6) is 5.75 Å². The van der Waals surface area contributed by atoms with Gasteiger partial charge in [0, 0.05) is 10.8 Å². The van der Waals surface area contributed by atoms with Crippen molar-refractivity contribution in [3.63, 3.8) is 0 Å². The van der Waals surface area contributed by atoms with Crippen molar-refractivity contribution in [2.24, 2.45) is 10.8 Å². The molecular weight excluding hydrogens is 268 g/mol. The molecule has 1 unspecified atom stereocenters. The van der Waals surface area contributed by atoms with Crippen molar-refractivity contribution >= 4 is 0 Å². The molecule has 21 heavy (non-hydrogen) atoms. The molecular formula is C17H28O4. The molecule has 0 saturated heterocycles. The number of ether oxygens (including phenoxy) is 2. The van der Waals surface area contributed by atoms with Gasteiger partial charge >= 0.3 is 0 Å². The van der Waals surface area contributed by atoms with Crippen LogP contribution in [0.4, 0.5) is 0 Å². The van der Waals surface area contributed by atoms with Gasteiger partial charge in [0.15, 0.2) is 0 Å². The first-order chi connectivity index (χ1) is 9.73. The van der Waals surface area contributed by atoms with Crippen LogP contribution in [0.1, 0.15) is 33.3 Å². The standard InChI is InChI=1S/C17H28O4/c1-16(2,11-18)15(19)17(3,4)12-21-10-13-7-6-8-14(9-13)20-5/h6-9,15,18-19H,10-12H2,1-5H3. The molecule has 0 saturated carbocycles. The highest BCUT2D eigenvalue weighted by atomic mass is 16.5. The first-order valence-electron chi connectivity index (χ1n) is 7.22. The van der Waals surface area contributed by atoms with Crippen LogP contribution < -0.4 is 4.74 Å². The molecule has 1 aromatic rings. The molecule has 0 amide bonds. The summed E-state index contributed by atoms with van der Waals surface area (Å²) in [6, 6.07) is 7.72. The fourth-order valence-electron chi connectivity index (χ4n) is 2.42. The zero-order valence-corrected chi connectivity index (χ0v) is 13.7. The predicted octanol–water partition coefficient (Wildman–Crippen LogP) is 2.62. The third-order valence-electron chi connectivity index (χ3n) is 3.76. The van der Waals surface area contributed by atoms with E-state index in [1.807, 2.05) is 52.0 Å². The van der Waals surface area contributed by atoms with Gasteiger partial charge in [-0.05, 0) is 17.7 Å². The van der Waals surface area contributed by atoms with Crippen LogP contribution in [0.3, 0.4) is 0 Å². The molecule has 0 heterocycles. The van der Waals surface area contributed by atoms with Crippen LogP contribution in [0.15, 0.2) is 24.3 Å². The molecule has 120 valence electrons. The van der Waals surface area contributed by atoms with Crippen molar-refractivity contribution in [1.29, 1.82) is 0 Å². The van der Waals surface area contributed by atoms with E-state index in [1.165, 1.54) is 0 Å². The summed E-state index contributed by atoms with van der Waals surface area (Å²) in [4.78, 5) is 0. The summed E-state index contributed by atoms with van der Waals surface area (Å²) in [6.07, 6.45) is -0.652. The van der Waals surface area contributed by atoms with Gasteiger partial charge in [-0.25, -0.2) is 0 Å². The Bertz CT molecular complexity index is 440. The van der Waals surface area contributed by atoms with E-state index in [0.29, 0.717) is 13.2 Å². The number of methoxy groups -OCH3 is 1. The normalized spacial score (nSPS) is 14.0. The lowest BCUT2D eigenvalue weighted by Crippen LogP contribution is -2.46. The molecule has 0 aromatic heterocycles. The van der Waals surface area contributed by atoms with Gasteiger partial charge in [0.25, 0.3) is 0 Å². The summed E-state index contributed by atoms with van der Waals surface area (Å²) in [6.45, 7) is 8.40. The second-order valence-corrected chi connectivity index (χ2v) is 6.88. The van der Waals surface area contributed by atoms with E-state index in [0.717, 1.165) is 11.3 Å². The Hall–Kier alpha value is -1.10. The lowest BCUT2D eigenvalue weighted by atomic mass is 9.73. The predicted molar refractivity (Wildman–Crippen MR) is 83.3 cm³/mol. The summed E-state index contributed by atoms with van der Waals surface area (Å²) in [5.41, 5.74) is 0.0366. The van der Waals surface area contributed by atoms with Crippen molar-refractivity contribution < 1.29 is 19.7 Å². The van der Waals surface area contributed by atoms with Gasteiger partial charge < -0.3 is 19.7 Å². The third-order valence-corrected chi connectivity index (χ3v) is 3.76. The first-order valence-corrected chi connectivity index (χ1v) is 7.22. The lowest BCUT2D eigenvalue weighted by Gasteiger charge is -2.39. The Balaban J connectivity index is 2.57. The topological polar surface area (TPSA) is 58.9 Å². The molecule has 2 N–H and O–H groups in total. The van der Waals surface area contributed by atoms with Crippen molar-refractivity contribution in [3.05, 3.63) is 29.8 Å². The quantitative estimate of drug-likeness (QED) is 0.774. The van der Waals surface area contributed by atoms with E-state index < -0.39 is 16.9 Å². The van der Waals surface area contributed by atoms with Gasteiger partial charge in [0.2, 0.25) is 0 Å². The number of aliphatic hydroxyl groups excluding tert-OH is 2. The molecule has 0 aliphatic heterocycles. The van der Waals surface area contributed by atoms with Gasteiger partial charge in [-0.3, -0.25) is 0 Å². The number of rotatable bonds is 8. The fourth-order valence-corrected chi connectivity index (χ4v) is 2.42. The van der Waals surface area contributed by atoms with E-state index in [4.69, 9.17) is 9.47 Å². The molecule has 1 aromatic carbocycles. The maximum Gasteiger partial charge on any atom is 0.119 e. The Morgan fingerprint density at radius 2 is 1.81 bits per heavy atom. The zero-order valence-electron chi connectivity index (χ0n) is 13.7. The van der Waals surface area contributed by atoms with E-state index in [-0.39, 0.29) is 6.61 Å². The van der Waals surface area contributed by atoms with Crippen LogP contribution in [0, 0.1) is 10.8 Å². The Labute approximate surface area is 127 Å². The number of benzene rings is 1. The van der Waals surface area contributed by atoms with E-state index in [2.05, 4.69) is 0 Å². The summed E-state index contributed by atoms with van der Waals surface area (Å²) in [7, 11) is 1.64. The van der Waals surface area contributed by atoms with Gasteiger partial charge in [-0.2, -0.15) is 0 Å². The molecule has 1 rings (SSSR count). The van der Waals surface area contributed by atoms with Crippen LogP contribution in [0.2, 0.25) is 0 Å². The van der Waals surface area contributed by atoms with Crippen LogP contribution in [-0.2, 0) is 11.3 Å². The smallest absolute Gasteiger partial charge is 0.119 e. The van der Waals surface area contributed by atoms with Gasteiger partial charge in [0.05, 0.1) is 33.0 Å². The van der Waals surface area contributed by atoms with Crippen molar-refractivity contribution in [3.8, 4) is 5.75 Å². The maximum atomic E-state index is 10.4. The largest absolute Gasteiger partial charge is 0.497 e. The van der Waals surface area contributed by atoms with Crippen LogP contribution in [-0.4, -0.2) is 36.6 Å². The van der Waals surface area contributed by atoms with Crippen LogP contribution in [0.25, 0.3) is 0 Å². The molecule has 0 bridgehead atoms. The molecule has 0 aliphatic rings. The van der Waals surface area contributed by atoms with E-state index in [1.54, 1.807) is 7.11 Å². The minimum atomic E-state index is -0.652. The number of aliphatic hydroxyl groups is 2. The molecule has 1 atom stereocenters. The van der Waals surface area contributed by atoms with E-state index in [9.17, 15) is 10.2 Å². The molecule has 0 aliphatic carbocycles. The van der Waals surface area contributed by atoms with Crippen molar-refractivity contribution in [2.45, 2.75) is 40.4 Å². The van der Waals surface area contributed by atoms with Gasteiger partial charge in [-0.1, -0.05) is 39.8 Å². The van der Waals surface area contributed by atoms with E-state index >= 15 is 0 Å². The summed E-state index contributed by atoms with van der Waals surface area (Å²) in [5, 5.41) is 19.8. The highest BCUT2D eigenvalue weighted by Gasteiger charge is 2.39. The van der Waals surface area contributed by atoms with Crippen molar-refractivity contribution in [2.75, 3.05) is 20.3 Å². The van der Waals surface area contributed by atoms with Crippen LogP contribution >= 0.6 is 0 Å². The molecule has 4 heteroatoms. The second-order valence-electron chi connectivity index (χ2n) is 6.88. The Morgan fingerprint density at radius 1 is 1.14 bits per heavy atom. The number of hydrogen-bond acceptors (Lipinski definition) is 4.